The number of rotatable bonds is 2. The Morgan fingerprint density at radius 2 is 1.64 bits per heavy atom. The molecule has 6 heteroatoms. The molecule has 4 rings (SSSR count). The molecule has 6 nitrogen and oxygen atoms in total. The zero-order chi connectivity index (χ0) is 17.4. The summed E-state index contributed by atoms with van der Waals surface area (Å²) in [5.74, 6) is -1.08. The van der Waals surface area contributed by atoms with E-state index in [0.717, 1.165) is 10.3 Å². The van der Waals surface area contributed by atoms with Gasteiger partial charge in [0.25, 0.3) is 11.8 Å². The number of urea groups is 1. The quantitative estimate of drug-likeness (QED) is 0.578. The molecular formula is C19H12N2O4. The molecule has 0 atom stereocenters. The maximum atomic E-state index is 12.7. The van der Waals surface area contributed by atoms with Crippen LogP contribution in [0.15, 0.2) is 70.7 Å². The van der Waals surface area contributed by atoms with E-state index < -0.39 is 17.8 Å². The van der Waals surface area contributed by atoms with Crippen molar-refractivity contribution in [3.63, 3.8) is 0 Å². The van der Waals surface area contributed by atoms with Crippen LogP contribution in [0.5, 0.6) is 0 Å². The van der Waals surface area contributed by atoms with E-state index in [2.05, 4.69) is 5.32 Å². The van der Waals surface area contributed by atoms with Gasteiger partial charge in [-0.25, -0.2) is 9.69 Å². The number of hydrogen-bond donors (Lipinski definition) is 1. The van der Waals surface area contributed by atoms with Crippen LogP contribution in [0.1, 0.15) is 5.76 Å². The summed E-state index contributed by atoms with van der Waals surface area (Å²) in [5.41, 5.74) is 0.865. The lowest BCUT2D eigenvalue weighted by Gasteiger charge is -2.26. The minimum Gasteiger partial charge on any atom is -0.457 e. The smallest absolute Gasteiger partial charge is 0.335 e. The standard InChI is InChI=1S/C19H12N2O4/c22-17-15(11-14-10-12-6-4-5-9-16(12)25-14)18(23)21(19(24)20-17)13-7-2-1-3-8-13/h1-11H,(H,20,22,24)/b15-11-. The van der Waals surface area contributed by atoms with Crippen LogP contribution in [0.2, 0.25) is 0 Å². The Kier molecular flexibility index (Phi) is 3.43. The van der Waals surface area contributed by atoms with Gasteiger partial charge in [0.05, 0.1) is 5.69 Å². The van der Waals surface area contributed by atoms with Gasteiger partial charge < -0.3 is 4.42 Å². The van der Waals surface area contributed by atoms with Crippen molar-refractivity contribution in [3.8, 4) is 0 Å². The molecule has 0 saturated carbocycles. The Bertz CT molecular complexity index is 1000. The molecule has 1 fully saturated rings. The van der Waals surface area contributed by atoms with Gasteiger partial charge in [-0.3, -0.25) is 14.9 Å². The summed E-state index contributed by atoms with van der Waals surface area (Å²) in [6, 6.07) is 16.7. The van der Waals surface area contributed by atoms with Gasteiger partial charge in [0.15, 0.2) is 0 Å². The molecule has 1 aliphatic heterocycles. The van der Waals surface area contributed by atoms with Crippen LogP contribution >= 0.6 is 0 Å². The number of para-hydroxylation sites is 2. The lowest BCUT2D eigenvalue weighted by molar-refractivity contribution is -0.122. The highest BCUT2D eigenvalue weighted by atomic mass is 16.3. The molecular weight excluding hydrogens is 320 g/mol. The number of carbonyl (C=O) groups is 3. The van der Waals surface area contributed by atoms with Crippen molar-refractivity contribution in [2.24, 2.45) is 0 Å². The van der Waals surface area contributed by atoms with Gasteiger partial charge in [-0.1, -0.05) is 36.4 Å². The summed E-state index contributed by atoms with van der Waals surface area (Å²) in [6.07, 6.45) is 1.35. The number of nitrogens with zero attached hydrogens (tertiary/aromatic N) is 1. The molecule has 1 N–H and O–H groups in total. The fourth-order valence-electron chi connectivity index (χ4n) is 2.68. The van der Waals surface area contributed by atoms with Gasteiger partial charge in [0, 0.05) is 5.39 Å². The lowest BCUT2D eigenvalue weighted by atomic mass is 10.1. The third kappa shape index (κ3) is 2.59. The predicted octanol–water partition coefficient (Wildman–Crippen LogP) is 3.10. The maximum Gasteiger partial charge on any atom is 0.335 e. The molecule has 0 radical (unpaired) electrons. The first-order valence-corrected chi connectivity index (χ1v) is 7.58. The number of hydrogen-bond acceptors (Lipinski definition) is 4. The highest BCUT2D eigenvalue weighted by molar-refractivity contribution is 6.39. The van der Waals surface area contributed by atoms with Crippen LogP contribution in [-0.2, 0) is 9.59 Å². The fourth-order valence-corrected chi connectivity index (χ4v) is 2.68. The molecule has 2 aromatic carbocycles. The maximum absolute atomic E-state index is 12.7. The van der Waals surface area contributed by atoms with E-state index in [1.165, 1.54) is 6.08 Å². The predicted molar refractivity (Wildman–Crippen MR) is 91.7 cm³/mol. The molecule has 122 valence electrons. The average Bonchev–Trinajstić information content (AvgIpc) is 3.02. The van der Waals surface area contributed by atoms with E-state index in [0.29, 0.717) is 17.0 Å². The van der Waals surface area contributed by atoms with E-state index in [1.807, 2.05) is 18.2 Å². The lowest BCUT2D eigenvalue weighted by Crippen LogP contribution is -2.54. The molecule has 0 aliphatic carbocycles. The Balaban J connectivity index is 1.76. The second-order valence-corrected chi connectivity index (χ2v) is 5.48. The van der Waals surface area contributed by atoms with Gasteiger partial charge in [-0.15, -0.1) is 0 Å². The molecule has 3 aromatic rings. The minimum atomic E-state index is -0.775. The molecule has 0 unspecified atom stereocenters. The first-order chi connectivity index (χ1) is 12.1. The van der Waals surface area contributed by atoms with Gasteiger partial charge in [0.1, 0.15) is 16.9 Å². The highest BCUT2D eigenvalue weighted by Gasteiger charge is 2.36. The van der Waals surface area contributed by atoms with Crippen molar-refractivity contribution in [1.29, 1.82) is 0 Å². The number of benzene rings is 2. The number of amides is 4. The Morgan fingerprint density at radius 3 is 2.40 bits per heavy atom. The van der Waals surface area contributed by atoms with E-state index in [4.69, 9.17) is 4.42 Å². The van der Waals surface area contributed by atoms with Crippen molar-refractivity contribution in [2.75, 3.05) is 4.90 Å². The molecule has 4 amide bonds. The first-order valence-electron chi connectivity index (χ1n) is 7.58. The molecule has 0 spiro atoms. The third-order valence-electron chi connectivity index (χ3n) is 3.85. The largest absolute Gasteiger partial charge is 0.457 e. The summed E-state index contributed by atoms with van der Waals surface area (Å²) in [6.45, 7) is 0. The molecule has 25 heavy (non-hydrogen) atoms. The van der Waals surface area contributed by atoms with E-state index >= 15 is 0 Å². The highest BCUT2D eigenvalue weighted by Crippen LogP contribution is 2.24. The van der Waals surface area contributed by atoms with Gasteiger partial charge >= 0.3 is 6.03 Å². The number of imide groups is 2. The first kappa shape index (κ1) is 14.9. The van der Waals surface area contributed by atoms with Crippen LogP contribution in [0, 0.1) is 0 Å². The van der Waals surface area contributed by atoms with Gasteiger partial charge in [-0.05, 0) is 30.3 Å². The number of anilines is 1. The average molecular weight is 332 g/mol. The molecule has 1 aliphatic rings. The monoisotopic (exact) mass is 332 g/mol. The second-order valence-electron chi connectivity index (χ2n) is 5.48. The van der Waals surface area contributed by atoms with Crippen LogP contribution in [0.25, 0.3) is 17.0 Å². The van der Waals surface area contributed by atoms with Crippen molar-refractivity contribution in [3.05, 3.63) is 72.0 Å². The van der Waals surface area contributed by atoms with Crippen molar-refractivity contribution < 1.29 is 18.8 Å². The minimum absolute atomic E-state index is 0.164. The summed E-state index contributed by atoms with van der Waals surface area (Å²) in [5, 5.41) is 3.04. The van der Waals surface area contributed by atoms with Crippen LogP contribution in [-0.4, -0.2) is 17.8 Å². The number of fused-ring (bicyclic) bond motifs is 1. The Morgan fingerprint density at radius 1 is 0.920 bits per heavy atom. The van der Waals surface area contributed by atoms with Gasteiger partial charge in [-0.2, -0.15) is 0 Å². The topological polar surface area (TPSA) is 79.6 Å². The zero-order valence-electron chi connectivity index (χ0n) is 12.9. The van der Waals surface area contributed by atoms with Crippen LogP contribution in [0.4, 0.5) is 10.5 Å². The summed E-state index contributed by atoms with van der Waals surface area (Å²) in [4.78, 5) is 37.8. The molecule has 0 bridgehead atoms. The van der Waals surface area contributed by atoms with Crippen molar-refractivity contribution in [2.45, 2.75) is 0 Å². The van der Waals surface area contributed by atoms with Crippen molar-refractivity contribution in [1.82, 2.24) is 5.32 Å². The van der Waals surface area contributed by atoms with Crippen LogP contribution in [0.3, 0.4) is 0 Å². The molecule has 1 aromatic heterocycles. The van der Waals surface area contributed by atoms with E-state index in [-0.39, 0.29) is 5.57 Å². The number of carbonyl (C=O) groups excluding carboxylic acids is 3. The number of nitrogens with one attached hydrogen (secondary N) is 1. The van der Waals surface area contributed by atoms with Crippen molar-refractivity contribution >= 4 is 40.6 Å². The summed E-state index contributed by atoms with van der Waals surface area (Å²) in [7, 11) is 0. The SMILES string of the molecule is O=C1NC(=O)N(c2ccccc2)C(=O)/C1=C\c1cc2ccccc2o1. The normalized spacial score (nSPS) is 16.6. The molecule has 1 saturated heterocycles. The third-order valence-corrected chi connectivity index (χ3v) is 3.85. The number of furan rings is 1. The van der Waals surface area contributed by atoms with Gasteiger partial charge in [0.2, 0.25) is 0 Å². The number of barbiturate groups is 1. The Hall–Kier alpha value is -3.67. The van der Waals surface area contributed by atoms with E-state index in [1.54, 1.807) is 42.5 Å². The summed E-state index contributed by atoms with van der Waals surface area (Å²) < 4.78 is 5.62. The molecule has 2 heterocycles. The fraction of sp³-hybridized carbons (Fsp3) is 0. The van der Waals surface area contributed by atoms with E-state index in [9.17, 15) is 14.4 Å². The Labute approximate surface area is 142 Å². The summed E-state index contributed by atoms with van der Waals surface area (Å²) >= 11 is 0. The zero-order valence-corrected chi connectivity index (χ0v) is 12.9. The van der Waals surface area contributed by atoms with Crippen LogP contribution < -0.4 is 10.2 Å². The second kappa shape index (κ2) is 5.76.